The monoisotopic (exact) mass is 441 g/mol. The van der Waals surface area contributed by atoms with Crippen molar-refractivity contribution >= 4 is 11.7 Å². The fourth-order valence-corrected chi connectivity index (χ4v) is 6.87. The Bertz CT molecular complexity index is 853. The van der Waals surface area contributed by atoms with Crippen molar-refractivity contribution in [3.05, 3.63) is 35.7 Å². The summed E-state index contributed by atoms with van der Waals surface area (Å²) in [5, 5.41) is 26.5. The molecule has 3 aliphatic carbocycles. The molecule has 1 saturated carbocycles. The van der Waals surface area contributed by atoms with Crippen LogP contribution in [0.25, 0.3) is 0 Å². The molecule has 1 aromatic heterocycles. The highest BCUT2D eigenvalue weighted by molar-refractivity contribution is 5.88. The SMILES string of the molecule is CC1(C)CCC2=C1CC[C@H]([C@@]1(C)CC[C@H](O)C[C@@H]1CO)[C@H]2CNC(=O)Nc1cccnc1. The van der Waals surface area contributed by atoms with Gasteiger partial charge < -0.3 is 20.8 Å². The number of aliphatic hydroxyl groups is 2. The lowest BCUT2D eigenvalue weighted by Gasteiger charge is -2.52. The standard InChI is InChI=1S/C26H39N3O3/c1-25(2)10-9-20-21(15-28-24(32)29-18-5-4-12-27-14-18)23(7-6-22(20)25)26(3)11-8-19(31)13-17(26)16-30/h4-5,12,14,17,19,21,23,30-31H,6-11,13,15-16H2,1-3H3,(H2,28,29,32)/t17-,19+,21+,23+,26+/m1/s1. The van der Waals surface area contributed by atoms with E-state index in [1.54, 1.807) is 24.0 Å². The highest BCUT2D eigenvalue weighted by Crippen LogP contribution is 2.59. The molecule has 0 radical (unpaired) electrons. The van der Waals surface area contributed by atoms with E-state index >= 15 is 0 Å². The number of hydrogen-bond donors (Lipinski definition) is 4. The Balaban J connectivity index is 1.57. The van der Waals surface area contributed by atoms with Crippen molar-refractivity contribution in [2.75, 3.05) is 18.5 Å². The Morgan fingerprint density at radius 1 is 1.22 bits per heavy atom. The van der Waals surface area contributed by atoms with Crippen LogP contribution in [-0.2, 0) is 0 Å². The van der Waals surface area contributed by atoms with Crippen LogP contribution in [0.1, 0.15) is 65.7 Å². The van der Waals surface area contributed by atoms with E-state index in [4.69, 9.17) is 0 Å². The zero-order chi connectivity index (χ0) is 22.9. The molecule has 2 amide bonds. The Labute approximate surface area is 191 Å². The first-order valence-electron chi connectivity index (χ1n) is 12.2. The molecular formula is C26H39N3O3. The predicted molar refractivity (Wildman–Crippen MR) is 126 cm³/mol. The van der Waals surface area contributed by atoms with Crippen LogP contribution in [0.3, 0.4) is 0 Å². The van der Waals surface area contributed by atoms with E-state index in [0.29, 0.717) is 24.6 Å². The van der Waals surface area contributed by atoms with Crippen LogP contribution in [0.5, 0.6) is 0 Å². The Kier molecular flexibility index (Phi) is 6.64. The third-order valence-electron chi connectivity index (χ3n) is 8.84. The quantitative estimate of drug-likeness (QED) is 0.506. The van der Waals surface area contributed by atoms with Crippen molar-refractivity contribution in [1.29, 1.82) is 0 Å². The summed E-state index contributed by atoms with van der Waals surface area (Å²) in [4.78, 5) is 16.7. The van der Waals surface area contributed by atoms with Crippen LogP contribution >= 0.6 is 0 Å². The van der Waals surface area contributed by atoms with Crippen molar-refractivity contribution in [3.8, 4) is 0 Å². The average Bonchev–Trinajstić information content (AvgIpc) is 3.09. The van der Waals surface area contributed by atoms with Gasteiger partial charge in [0.1, 0.15) is 0 Å². The number of hydrogen-bond acceptors (Lipinski definition) is 4. The van der Waals surface area contributed by atoms with Crippen LogP contribution in [0.4, 0.5) is 10.5 Å². The van der Waals surface area contributed by atoms with Crippen LogP contribution in [0.15, 0.2) is 35.7 Å². The van der Waals surface area contributed by atoms with Gasteiger partial charge in [0.2, 0.25) is 0 Å². The van der Waals surface area contributed by atoms with Gasteiger partial charge in [-0.3, -0.25) is 4.98 Å². The molecule has 6 nitrogen and oxygen atoms in total. The number of carbonyl (C=O) groups is 1. The van der Waals surface area contributed by atoms with E-state index in [2.05, 4.69) is 36.4 Å². The van der Waals surface area contributed by atoms with E-state index in [1.807, 2.05) is 6.07 Å². The number of anilines is 1. The van der Waals surface area contributed by atoms with Crippen LogP contribution in [0, 0.1) is 28.6 Å². The number of nitrogens with one attached hydrogen (secondary N) is 2. The van der Waals surface area contributed by atoms with Crippen LogP contribution in [-0.4, -0.2) is 40.5 Å². The summed E-state index contributed by atoms with van der Waals surface area (Å²) in [7, 11) is 0. The first-order chi connectivity index (χ1) is 15.2. The minimum atomic E-state index is -0.314. The molecule has 1 heterocycles. The number of pyridine rings is 1. The molecule has 0 spiro atoms. The number of amides is 2. The van der Waals surface area contributed by atoms with E-state index in [1.165, 1.54) is 12.0 Å². The summed E-state index contributed by atoms with van der Waals surface area (Å²) in [5.74, 6) is 0.757. The lowest BCUT2D eigenvalue weighted by atomic mass is 9.53. The molecule has 4 N–H and O–H groups in total. The highest BCUT2D eigenvalue weighted by Gasteiger charge is 2.51. The number of urea groups is 1. The van der Waals surface area contributed by atoms with Gasteiger partial charge in [-0.15, -0.1) is 0 Å². The van der Waals surface area contributed by atoms with Gasteiger partial charge in [0, 0.05) is 25.3 Å². The van der Waals surface area contributed by atoms with Gasteiger partial charge in [-0.25, -0.2) is 4.79 Å². The summed E-state index contributed by atoms with van der Waals surface area (Å²) in [6, 6.07) is 3.43. The molecule has 3 aliphatic rings. The van der Waals surface area contributed by atoms with Crippen molar-refractivity contribution in [2.45, 2.75) is 71.8 Å². The summed E-state index contributed by atoms with van der Waals surface area (Å²) in [6.45, 7) is 7.73. The average molecular weight is 442 g/mol. The Morgan fingerprint density at radius 2 is 2.03 bits per heavy atom. The normalized spacial score (nSPS) is 34.2. The maximum absolute atomic E-state index is 12.7. The Hall–Kier alpha value is -1.92. The second-order valence-electron chi connectivity index (χ2n) is 11.0. The molecular weight excluding hydrogens is 402 g/mol. The Morgan fingerprint density at radius 3 is 2.75 bits per heavy atom. The summed E-state index contributed by atoms with van der Waals surface area (Å²) < 4.78 is 0. The predicted octanol–water partition coefficient (Wildman–Crippen LogP) is 4.51. The van der Waals surface area contributed by atoms with Gasteiger partial charge in [0.05, 0.1) is 18.0 Å². The second kappa shape index (κ2) is 9.14. The minimum absolute atomic E-state index is 0.0363. The number of allylic oxidation sites excluding steroid dienone is 1. The van der Waals surface area contributed by atoms with Gasteiger partial charge in [-0.2, -0.15) is 0 Å². The maximum Gasteiger partial charge on any atom is 0.319 e. The third-order valence-corrected chi connectivity index (χ3v) is 8.84. The highest BCUT2D eigenvalue weighted by atomic mass is 16.3. The molecule has 0 unspecified atom stereocenters. The van der Waals surface area contributed by atoms with E-state index in [9.17, 15) is 15.0 Å². The smallest absolute Gasteiger partial charge is 0.319 e. The summed E-state index contributed by atoms with van der Waals surface area (Å²) >= 11 is 0. The number of rotatable bonds is 5. The number of aliphatic hydroxyl groups excluding tert-OH is 2. The number of carbonyl (C=O) groups excluding carboxylic acids is 1. The summed E-state index contributed by atoms with van der Waals surface area (Å²) in [5.41, 5.74) is 4.01. The van der Waals surface area contributed by atoms with Crippen molar-refractivity contribution in [1.82, 2.24) is 10.3 Å². The molecule has 176 valence electrons. The number of nitrogens with zero attached hydrogens (tertiary/aromatic N) is 1. The van der Waals surface area contributed by atoms with E-state index in [-0.39, 0.29) is 41.4 Å². The molecule has 0 aromatic carbocycles. The minimum Gasteiger partial charge on any atom is -0.396 e. The van der Waals surface area contributed by atoms with Gasteiger partial charge >= 0.3 is 6.03 Å². The van der Waals surface area contributed by atoms with Gasteiger partial charge in [0.15, 0.2) is 0 Å². The van der Waals surface area contributed by atoms with Crippen LogP contribution < -0.4 is 10.6 Å². The molecule has 4 rings (SSSR count). The topological polar surface area (TPSA) is 94.5 Å². The first kappa shape index (κ1) is 23.2. The van der Waals surface area contributed by atoms with Crippen molar-refractivity contribution < 1.29 is 15.0 Å². The molecule has 5 atom stereocenters. The largest absolute Gasteiger partial charge is 0.396 e. The zero-order valence-electron chi connectivity index (χ0n) is 19.7. The first-order valence-corrected chi connectivity index (χ1v) is 12.2. The van der Waals surface area contributed by atoms with Crippen molar-refractivity contribution in [2.24, 2.45) is 28.6 Å². The maximum atomic E-state index is 12.7. The van der Waals surface area contributed by atoms with Crippen molar-refractivity contribution in [3.63, 3.8) is 0 Å². The molecule has 0 bridgehead atoms. The molecule has 0 aliphatic heterocycles. The molecule has 32 heavy (non-hydrogen) atoms. The fourth-order valence-electron chi connectivity index (χ4n) is 6.87. The second-order valence-corrected chi connectivity index (χ2v) is 11.0. The van der Waals surface area contributed by atoms with Crippen LogP contribution in [0.2, 0.25) is 0 Å². The summed E-state index contributed by atoms with van der Waals surface area (Å²) in [6.07, 6.45) is 9.86. The molecule has 6 heteroatoms. The third kappa shape index (κ3) is 4.44. The molecule has 1 fully saturated rings. The zero-order valence-corrected chi connectivity index (χ0v) is 19.7. The van der Waals surface area contributed by atoms with Gasteiger partial charge in [0.25, 0.3) is 0 Å². The van der Waals surface area contributed by atoms with Gasteiger partial charge in [-0.1, -0.05) is 31.9 Å². The molecule has 0 saturated heterocycles. The van der Waals surface area contributed by atoms with E-state index < -0.39 is 0 Å². The lowest BCUT2D eigenvalue weighted by Crippen LogP contribution is -2.49. The number of aromatic nitrogens is 1. The van der Waals surface area contributed by atoms with E-state index in [0.717, 1.165) is 32.1 Å². The lowest BCUT2D eigenvalue weighted by molar-refractivity contribution is -0.0580. The van der Waals surface area contributed by atoms with Gasteiger partial charge in [-0.05, 0) is 79.7 Å². The fraction of sp³-hybridized carbons (Fsp3) is 0.692. The molecule has 1 aromatic rings.